The number of aliphatic hydroxyl groups excluding tert-OH is 1. The standard InChI is InChI=1S/C16H20N2O4/c1-11-3-5-12(6-4-11)15-14(18-10-22-15)16(20)17-8-7-13(19)9-21-2/h3-6,10,13,19H,7-9H2,1-2H3,(H,17,20). The summed E-state index contributed by atoms with van der Waals surface area (Å²) in [7, 11) is 1.52. The molecular formula is C16H20N2O4. The highest BCUT2D eigenvalue weighted by molar-refractivity contribution is 5.97. The lowest BCUT2D eigenvalue weighted by Crippen LogP contribution is -2.29. The highest BCUT2D eigenvalue weighted by atomic mass is 16.5. The summed E-state index contributed by atoms with van der Waals surface area (Å²) in [6, 6.07) is 7.66. The third-order valence-corrected chi connectivity index (χ3v) is 3.22. The largest absolute Gasteiger partial charge is 0.443 e. The smallest absolute Gasteiger partial charge is 0.273 e. The molecule has 0 bridgehead atoms. The molecule has 0 radical (unpaired) electrons. The quantitative estimate of drug-likeness (QED) is 0.814. The van der Waals surface area contributed by atoms with Crippen molar-refractivity contribution in [3.63, 3.8) is 0 Å². The predicted molar refractivity (Wildman–Crippen MR) is 81.5 cm³/mol. The minimum atomic E-state index is -0.598. The maximum atomic E-state index is 12.2. The number of oxazole rings is 1. The van der Waals surface area contributed by atoms with Crippen LogP contribution < -0.4 is 5.32 Å². The number of ether oxygens (including phenoxy) is 1. The number of nitrogens with one attached hydrogen (secondary N) is 1. The van der Waals surface area contributed by atoms with Gasteiger partial charge in [0.15, 0.2) is 17.8 Å². The number of aromatic nitrogens is 1. The zero-order valence-corrected chi connectivity index (χ0v) is 12.7. The average molecular weight is 304 g/mol. The first kappa shape index (κ1) is 16.2. The molecule has 1 heterocycles. The van der Waals surface area contributed by atoms with Crippen molar-refractivity contribution in [3.8, 4) is 11.3 Å². The normalized spacial score (nSPS) is 12.1. The molecule has 1 aromatic heterocycles. The van der Waals surface area contributed by atoms with Crippen molar-refractivity contribution in [1.82, 2.24) is 10.3 Å². The molecule has 2 rings (SSSR count). The topological polar surface area (TPSA) is 84.6 Å². The van der Waals surface area contributed by atoms with Gasteiger partial charge in [0.05, 0.1) is 12.7 Å². The number of hydrogen-bond acceptors (Lipinski definition) is 5. The summed E-state index contributed by atoms with van der Waals surface area (Å²) in [5, 5.41) is 12.3. The van der Waals surface area contributed by atoms with Crippen LogP contribution >= 0.6 is 0 Å². The van der Waals surface area contributed by atoms with E-state index in [0.29, 0.717) is 18.7 Å². The summed E-state index contributed by atoms with van der Waals surface area (Å²) in [6.45, 7) is 2.57. The van der Waals surface area contributed by atoms with Crippen molar-refractivity contribution in [2.45, 2.75) is 19.4 Å². The van der Waals surface area contributed by atoms with Crippen LogP contribution in [-0.2, 0) is 4.74 Å². The molecule has 1 atom stereocenters. The molecule has 6 heteroatoms. The van der Waals surface area contributed by atoms with Crippen molar-refractivity contribution >= 4 is 5.91 Å². The molecule has 2 aromatic rings. The van der Waals surface area contributed by atoms with E-state index >= 15 is 0 Å². The number of nitrogens with zero attached hydrogens (tertiary/aromatic N) is 1. The Morgan fingerprint density at radius 3 is 2.82 bits per heavy atom. The molecule has 1 aromatic carbocycles. The Kier molecular flexibility index (Phi) is 5.68. The molecule has 0 aliphatic rings. The Bertz CT molecular complexity index is 607. The summed E-state index contributed by atoms with van der Waals surface area (Å²) in [4.78, 5) is 16.1. The molecule has 6 nitrogen and oxygen atoms in total. The van der Waals surface area contributed by atoms with E-state index in [0.717, 1.165) is 11.1 Å². The molecule has 0 saturated heterocycles. The molecule has 1 amide bonds. The van der Waals surface area contributed by atoms with Gasteiger partial charge in [-0.1, -0.05) is 29.8 Å². The van der Waals surface area contributed by atoms with Gasteiger partial charge in [-0.2, -0.15) is 0 Å². The number of carbonyl (C=O) groups excluding carboxylic acids is 1. The second-order valence-electron chi connectivity index (χ2n) is 5.05. The summed E-state index contributed by atoms with van der Waals surface area (Å²) >= 11 is 0. The summed E-state index contributed by atoms with van der Waals surface area (Å²) in [6.07, 6.45) is 1.07. The van der Waals surface area contributed by atoms with Crippen LogP contribution in [0.4, 0.5) is 0 Å². The third kappa shape index (κ3) is 4.16. The van der Waals surface area contributed by atoms with Crippen molar-refractivity contribution in [2.75, 3.05) is 20.3 Å². The number of rotatable bonds is 7. The van der Waals surface area contributed by atoms with E-state index in [1.54, 1.807) is 0 Å². The van der Waals surface area contributed by atoms with E-state index in [9.17, 15) is 9.90 Å². The van der Waals surface area contributed by atoms with Crippen LogP contribution in [0.15, 0.2) is 35.1 Å². The van der Waals surface area contributed by atoms with Crippen molar-refractivity contribution < 1.29 is 19.1 Å². The van der Waals surface area contributed by atoms with E-state index in [-0.39, 0.29) is 18.2 Å². The van der Waals surface area contributed by atoms with E-state index in [4.69, 9.17) is 9.15 Å². The zero-order valence-electron chi connectivity index (χ0n) is 12.7. The minimum absolute atomic E-state index is 0.241. The van der Waals surface area contributed by atoms with Gasteiger partial charge in [0.25, 0.3) is 5.91 Å². The van der Waals surface area contributed by atoms with E-state index in [1.807, 2.05) is 31.2 Å². The van der Waals surface area contributed by atoms with Crippen molar-refractivity contribution in [3.05, 3.63) is 41.9 Å². The maximum Gasteiger partial charge on any atom is 0.273 e. The van der Waals surface area contributed by atoms with Gasteiger partial charge in [-0.15, -0.1) is 0 Å². The highest BCUT2D eigenvalue weighted by Gasteiger charge is 2.18. The Balaban J connectivity index is 1.99. The summed E-state index contributed by atoms with van der Waals surface area (Å²) < 4.78 is 10.2. The van der Waals surface area contributed by atoms with Crippen LogP contribution in [0.3, 0.4) is 0 Å². The van der Waals surface area contributed by atoms with Crippen LogP contribution in [0, 0.1) is 6.92 Å². The van der Waals surface area contributed by atoms with Crippen molar-refractivity contribution in [2.24, 2.45) is 0 Å². The minimum Gasteiger partial charge on any atom is -0.443 e. The predicted octanol–water partition coefficient (Wildman–Crippen LogP) is 1.78. The van der Waals surface area contributed by atoms with E-state index in [1.165, 1.54) is 13.5 Å². The van der Waals surface area contributed by atoms with Crippen LogP contribution in [0.5, 0.6) is 0 Å². The second-order valence-corrected chi connectivity index (χ2v) is 5.05. The molecule has 118 valence electrons. The van der Waals surface area contributed by atoms with E-state index < -0.39 is 6.10 Å². The highest BCUT2D eigenvalue weighted by Crippen LogP contribution is 2.23. The Hall–Kier alpha value is -2.18. The molecule has 22 heavy (non-hydrogen) atoms. The number of benzene rings is 1. The lowest BCUT2D eigenvalue weighted by Gasteiger charge is -2.09. The van der Waals surface area contributed by atoms with Crippen LogP contribution in [0.25, 0.3) is 11.3 Å². The molecule has 1 unspecified atom stereocenters. The van der Waals surface area contributed by atoms with Gasteiger partial charge in [0.1, 0.15) is 0 Å². The number of amides is 1. The molecule has 0 saturated carbocycles. The first-order valence-corrected chi connectivity index (χ1v) is 7.07. The Morgan fingerprint density at radius 1 is 1.41 bits per heavy atom. The average Bonchev–Trinajstić information content (AvgIpc) is 2.97. The SMILES string of the molecule is COCC(O)CCNC(=O)c1ncoc1-c1ccc(C)cc1. The molecular weight excluding hydrogens is 284 g/mol. The first-order valence-electron chi connectivity index (χ1n) is 7.07. The number of aryl methyl sites for hydroxylation is 1. The van der Waals surface area contributed by atoms with Crippen LogP contribution in [0.1, 0.15) is 22.5 Å². The molecule has 0 fully saturated rings. The summed E-state index contributed by atoms with van der Waals surface area (Å²) in [5.41, 5.74) is 2.17. The van der Waals surface area contributed by atoms with Gasteiger partial charge in [-0.3, -0.25) is 4.79 Å². The monoisotopic (exact) mass is 304 g/mol. The van der Waals surface area contributed by atoms with Gasteiger partial charge < -0.3 is 19.6 Å². The number of methoxy groups -OCH3 is 1. The maximum absolute atomic E-state index is 12.2. The first-order chi connectivity index (χ1) is 10.6. The van der Waals surface area contributed by atoms with Crippen LogP contribution in [0.2, 0.25) is 0 Å². The fourth-order valence-corrected chi connectivity index (χ4v) is 2.03. The zero-order chi connectivity index (χ0) is 15.9. The second kappa shape index (κ2) is 7.72. The lowest BCUT2D eigenvalue weighted by molar-refractivity contribution is 0.0587. The molecule has 0 aliphatic carbocycles. The number of aliphatic hydroxyl groups is 1. The van der Waals surface area contributed by atoms with Gasteiger partial charge in [0.2, 0.25) is 0 Å². The van der Waals surface area contributed by atoms with Crippen molar-refractivity contribution in [1.29, 1.82) is 0 Å². The van der Waals surface area contributed by atoms with Gasteiger partial charge in [-0.25, -0.2) is 4.98 Å². The molecule has 0 spiro atoms. The van der Waals surface area contributed by atoms with E-state index in [2.05, 4.69) is 10.3 Å². The number of hydrogen-bond donors (Lipinski definition) is 2. The fourth-order valence-electron chi connectivity index (χ4n) is 2.03. The fraction of sp³-hybridized carbons (Fsp3) is 0.375. The Labute approximate surface area is 129 Å². The number of carbonyl (C=O) groups is 1. The van der Waals surface area contributed by atoms with Gasteiger partial charge >= 0.3 is 0 Å². The van der Waals surface area contributed by atoms with Crippen LogP contribution in [-0.4, -0.2) is 42.4 Å². The van der Waals surface area contributed by atoms with Gasteiger partial charge in [0, 0.05) is 19.2 Å². The molecule has 0 aliphatic heterocycles. The lowest BCUT2D eigenvalue weighted by atomic mass is 10.1. The Morgan fingerprint density at radius 2 is 2.14 bits per heavy atom. The molecule has 2 N–H and O–H groups in total. The summed E-state index contributed by atoms with van der Waals surface area (Å²) in [5.74, 6) is 0.115. The third-order valence-electron chi connectivity index (χ3n) is 3.22. The van der Waals surface area contributed by atoms with Gasteiger partial charge in [-0.05, 0) is 13.3 Å².